The SMILES string of the molecule is Cn1ncnc1SCC(=O)c1cccc(Cl)c1. The molecule has 6 heteroatoms. The van der Waals surface area contributed by atoms with Gasteiger partial charge in [-0.15, -0.1) is 0 Å². The van der Waals surface area contributed by atoms with Crippen molar-refractivity contribution >= 4 is 29.1 Å². The van der Waals surface area contributed by atoms with Gasteiger partial charge in [0.05, 0.1) is 5.75 Å². The molecular formula is C11H10ClN3OS. The second kappa shape index (κ2) is 5.33. The Morgan fingerprint density at radius 1 is 1.53 bits per heavy atom. The average molecular weight is 268 g/mol. The lowest BCUT2D eigenvalue weighted by molar-refractivity contribution is 0.102. The molecule has 0 saturated carbocycles. The van der Waals surface area contributed by atoms with Crippen LogP contribution in [0.5, 0.6) is 0 Å². The highest BCUT2D eigenvalue weighted by atomic mass is 35.5. The zero-order valence-electron chi connectivity index (χ0n) is 9.13. The standard InChI is InChI=1S/C11H10ClN3OS/c1-15-11(13-7-14-15)17-6-10(16)8-3-2-4-9(12)5-8/h2-5,7H,6H2,1H3. The van der Waals surface area contributed by atoms with Crippen molar-refractivity contribution in [1.29, 1.82) is 0 Å². The van der Waals surface area contributed by atoms with Crippen LogP contribution in [0.25, 0.3) is 0 Å². The summed E-state index contributed by atoms with van der Waals surface area (Å²) in [5.41, 5.74) is 0.618. The number of nitrogens with zero attached hydrogens (tertiary/aromatic N) is 3. The predicted octanol–water partition coefficient (Wildman–Crippen LogP) is 2.44. The van der Waals surface area contributed by atoms with Crippen molar-refractivity contribution in [2.24, 2.45) is 7.05 Å². The summed E-state index contributed by atoms with van der Waals surface area (Å²) in [6, 6.07) is 6.93. The molecule has 1 aromatic heterocycles. The van der Waals surface area contributed by atoms with E-state index in [0.29, 0.717) is 16.3 Å². The Kier molecular flexibility index (Phi) is 3.81. The molecule has 17 heavy (non-hydrogen) atoms. The first-order chi connectivity index (χ1) is 8.16. The Bertz CT molecular complexity index is 541. The molecule has 1 heterocycles. The lowest BCUT2D eigenvalue weighted by Gasteiger charge is -2.01. The van der Waals surface area contributed by atoms with Crippen molar-refractivity contribution in [3.63, 3.8) is 0 Å². The number of thioether (sulfide) groups is 1. The molecule has 1 aromatic carbocycles. The molecule has 2 rings (SSSR count). The molecule has 0 radical (unpaired) electrons. The van der Waals surface area contributed by atoms with E-state index in [9.17, 15) is 4.79 Å². The summed E-state index contributed by atoms with van der Waals surface area (Å²) in [5, 5.41) is 5.23. The van der Waals surface area contributed by atoms with Crippen molar-refractivity contribution in [2.75, 3.05) is 5.75 Å². The van der Waals surface area contributed by atoms with Gasteiger partial charge in [0.15, 0.2) is 10.9 Å². The quantitative estimate of drug-likeness (QED) is 0.631. The minimum absolute atomic E-state index is 0.0282. The highest BCUT2D eigenvalue weighted by Gasteiger charge is 2.09. The van der Waals surface area contributed by atoms with Gasteiger partial charge in [0, 0.05) is 17.6 Å². The lowest BCUT2D eigenvalue weighted by atomic mass is 10.1. The average Bonchev–Trinajstić information content (AvgIpc) is 2.72. The van der Waals surface area contributed by atoms with Gasteiger partial charge in [0.25, 0.3) is 0 Å². The fourth-order valence-corrected chi connectivity index (χ4v) is 2.26. The fraction of sp³-hybridized carbons (Fsp3) is 0.182. The van der Waals surface area contributed by atoms with Gasteiger partial charge < -0.3 is 0 Å². The third-order valence-corrected chi connectivity index (χ3v) is 3.42. The van der Waals surface area contributed by atoms with Crippen LogP contribution in [0, 0.1) is 0 Å². The third kappa shape index (κ3) is 3.08. The van der Waals surface area contributed by atoms with Gasteiger partial charge in [0.2, 0.25) is 0 Å². The fourth-order valence-electron chi connectivity index (χ4n) is 1.29. The first-order valence-electron chi connectivity index (χ1n) is 4.92. The van der Waals surface area contributed by atoms with Gasteiger partial charge in [-0.2, -0.15) is 5.10 Å². The van der Waals surface area contributed by atoms with E-state index < -0.39 is 0 Å². The third-order valence-electron chi connectivity index (χ3n) is 2.15. The molecule has 0 spiro atoms. The maximum Gasteiger partial charge on any atom is 0.186 e. The molecule has 88 valence electrons. The normalized spacial score (nSPS) is 10.5. The van der Waals surface area contributed by atoms with Crippen LogP contribution in [0.2, 0.25) is 5.02 Å². The monoisotopic (exact) mass is 267 g/mol. The predicted molar refractivity (Wildman–Crippen MR) is 67.5 cm³/mol. The first-order valence-corrected chi connectivity index (χ1v) is 6.29. The molecular weight excluding hydrogens is 258 g/mol. The molecule has 2 aromatic rings. The number of aromatic nitrogens is 3. The zero-order chi connectivity index (χ0) is 12.3. The Morgan fingerprint density at radius 2 is 2.35 bits per heavy atom. The van der Waals surface area contributed by atoms with E-state index in [1.165, 1.54) is 18.1 Å². The number of aryl methyl sites for hydroxylation is 1. The van der Waals surface area contributed by atoms with Crippen LogP contribution in [0.1, 0.15) is 10.4 Å². The number of carbonyl (C=O) groups excluding carboxylic acids is 1. The molecule has 0 fully saturated rings. The number of hydrogen-bond acceptors (Lipinski definition) is 4. The molecule has 0 saturated heterocycles. The van der Waals surface area contributed by atoms with Gasteiger partial charge in [-0.05, 0) is 12.1 Å². The summed E-state index contributed by atoms with van der Waals surface area (Å²) in [4.78, 5) is 15.9. The van der Waals surface area contributed by atoms with Gasteiger partial charge in [-0.25, -0.2) is 9.67 Å². The largest absolute Gasteiger partial charge is 0.293 e. The van der Waals surface area contributed by atoms with Crippen LogP contribution in [0.3, 0.4) is 0 Å². The summed E-state index contributed by atoms with van der Waals surface area (Å²) >= 11 is 7.19. The van der Waals surface area contributed by atoms with Crippen LogP contribution < -0.4 is 0 Å². The van der Waals surface area contributed by atoms with E-state index in [1.807, 2.05) is 0 Å². The summed E-state index contributed by atoms with van der Waals surface area (Å²) in [6.07, 6.45) is 1.46. The second-order valence-corrected chi connectivity index (χ2v) is 4.77. The van der Waals surface area contributed by atoms with Crippen LogP contribution in [-0.2, 0) is 7.05 Å². The maximum atomic E-state index is 11.9. The first kappa shape index (κ1) is 12.1. The molecule has 0 bridgehead atoms. The number of ketones is 1. The van der Waals surface area contributed by atoms with Crippen molar-refractivity contribution in [2.45, 2.75) is 5.16 Å². The number of rotatable bonds is 4. The van der Waals surface area contributed by atoms with Crippen molar-refractivity contribution < 1.29 is 4.79 Å². The Morgan fingerprint density at radius 3 is 3.00 bits per heavy atom. The zero-order valence-corrected chi connectivity index (χ0v) is 10.7. The van der Waals surface area contributed by atoms with Crippen LogP contribution in [0.15, 0.2) is 35.7 Å². The Hall–Kier alpha value is -1.33. The highest BCUT2D eigenvalue weighted by molar-refractivity contribution is 7.99. The van der Waals surface area contributed by atoms with Gasteiger partial charge >= 0.3 is 0 Å². The van der Waals surface area contributed by atoms with Gasteiger partial charge in [-0.1, -0.05) is 35.5 Å². The molecule has 0 amide bonds. The summed E-state index contributed by atoms with van der Waals surface area (Å²) in [5.74, 6) is 0.355. The van der Waals surface area contributed by atoms with Crippen molar-refractivity contribution in [3.05, 3.63) is 41.2 Å². The number of hydrogen-bond donors (Lipinski definition) is 0. The van der Waals surface area contributed by atoms with Crippen LogP contribution in [-0.4, -0.2) is 26.3 Å². The molecule has 0 aliphatic rings. The number of halogens is 1. The molecule has 0 atom stereocenters. The van der Waals surface area contributed by atoms with Gasteiger partial charge in [0.1, 0.15) is 6.33 Å². The smallest absolute Gasteiger partial charge is 0.186 e. The molecule has 0 aliphatic heterocycles. The maximum absolute atomic E-state index is 11.9. The van der Waals surface area contributed by atoms with E-state index in [1.54, 1.807) is 36.0 Å². The number of benzene rings is 1. The molecule has 4 nitrogen and oxygen atoms in total. The number of carbonyl (C=O) groups is 1. The van der Waals surface area contributed by atoms with Crippen LogP contribution in [0.4, 0.5) is 0 Å². The van der Waals surface area contributed by atoms with Crippen LogP contribution >= 0.6 is 23.4 Å². The van der Waals surface area contributed by atoms with E-state index in [4.69, 9.17) is 11.6 Å². The summed E-state index contributed by atoms with van der Waals surface area (Å²) < 4.78 is 1.63. The minimum Gasteiger partial charge on any atom is -0.293 e. The van der Waals surface area contributed by atoms with Crippen molar-refractivity contribution in [3.8, 4) is 0 Å². The molecule has 0 N–H and O–H groups in total. The van der Waals surface area contributed by atoms with Crippen molar-refractivity contribution in [1.82, 2.24) is 14.8 Å². The topological polar surface area (TPSA) is 47.8 Å². The van der Waals surface area contributed by atoms with E-state index in [0.717, 1.165) is 5.16 Å². The number of Topliss-reactive ketones (excluding diaryl/α,β-unsaturated/α-hetero) is 1. The molecule has 0 aliphatic carbocycles. The Balaban J connectivity index is 2.01. The van der Waals surface area contributed by atoms with E-state index in [-0.39, 0.29) is 5.78 Å². The highest BCUT2D eigenvalue weighted by Crippen LogP contribution is 2.17. The van der Waals surface area contributed by atoms with Gasteiger partial charge in [-0.3, -0.25) is 4.79 Å². The second-order valence-electron chi connectivity index (χ2n) is 3.39. The Labute approximate surface area is 108 Å². The molecule has 0 unspecified atom stereocenters. The van der Waals surface area contributed by atoms with E-state index >= 15 is 0 Å². The summed E-state index contributed by atoms with van der Waals surface area (Å²) in [6.45, 7) is 0. The minimum atomic E-state index is 0.0282. The van der Waals surface area contributed by atoms with E-state index in [2.05, 4.69) is 10.1 Å². The summed E-state index contributed by atoms with van der Waals surface area (Å²) in [7, 11) is 1.79. The lowest BCUT2D eigenvalue weighted by Crippen LogP contribution is -2.03.